The molecule has 0 amide bonds. The summed E-state index contributed by atoms with van der Waals surface area (Å²) in [5.41, 5.74) is 0. The predicted octanol–water partition coefficient (Wildman–Crippen LogP) is 2.55. The van der Waals surface area contributed by atoms with Gasteiger partial charge in [-0.1, -0.05) is 19.8 Å². The Morgan fingerprint density at radius 2 is 2.19 bits per heavy atom. The maximum Gasteiger partial charge on any atom is 0.140 e. The SMILES string of the molecule is CCCCCC(=O)Cc1ncnn1C(C)C. The molecule has 4 nitrogen and oxygen atoms in total. The fourth-order valence-electron chi connectivity index (χ4n) is 1.67. The Labute approximate surface area is 97.1 Å². The summed E-state index contributed by atoms with van der Waals surface area (Å²) >= 11 is 0. The van der Waals surface area contributed by atoms with Gasteiger partial charge in [0.2, 0.25) is 0 Å². The van der Waals surface area contributed by atoms with E-state index in [1.807, 2.05) is 18.5 Å². The van der Waals surface area contributed by atoms with Gasteiger partial charge in [0.05, 0.1) is 6.42 Å². The van der Waals surface area contributed by atoms with Gasteiger partial charge in [0.25, 0.3) is 0 Å². The van der Waals surface area contributed by atoms with E-state index in [1.54, 1.807) is 0 Å². The molecule has 0 saturated heterocycles. The molecule has 0 spiro atoms. The quantitative estimate of drug-likeness (QED) is 0.667. The van der Waals surface area contributed by atoms with Gasteiger partial charge < -0.3 is 0 Å². The topological polar surface area (TPSA) is 47.8 Å². The molecule has 0 aromatic carbocycles. The van der Waals surface area contributed by atoms with Crippen LogP contribution in [0, 0.1) is 0 Å². The molecule has 0 aliphatic carbocycles. The number of hydrogen-bond donors (Lipinski definition) is 0. The van der Waals surface area contributed by atoms with E-state index in [0.29, 0.717) is 12.8 Å². The minimum absolute atomic E-state index is 0.265. The largest absolute Gasteiger partial charge is 0.299 e. The van der Waals surface area contributed by atoms with Crippen molar-refractivity contribution in [3.05, 3.63) is 12.2 Å². The van der Waals surface area contributed by atoms with Gasteiger partial charge in [0, 0.05) is 12.5 Å². The number of carbonyl (C=O) groups excluding carboxylic acids is 1. The number of ketones is 1. The van der Waals surface area contributed by atoms with E-state index in [2.05, 4.69) is 17.0 Å². The van der Waals surface area contributed by atoms with Gasteiger partial charge >= 0.3 is 0 Å². The molecule has 0 atom stereocenters. The fraction of sp³-hybridized carbons (Fsp3) is 0.750. The monoisotopic (exact) mass is 223 g/mol. The summed E-state index contributed by atoms with van der Waals surface area (Å²) < 4.78 is 1.82. The van der Waals surface area contributed by atoms with E-state index in [-0.39, 0.29) is 11.8 Å². The lowest BCUT2D eigenvalue weighted by Gasteiger charge is -2.08. The second-order valence-corrected chi connectivity index (χ2v) is 4.39. The van der Waals surface area contributed by atoms with Crippen LogP contribution >= 0.6 is 0 Å². The summed E-state index contributed by atoms with van der Waals surface area (Å²) in [6, 6.07) is 0.265. The summed E-state index contributed by atoms with van der Waals surface area (Å²) in [5, 5.41) is 4.12. The molecule has 0 aliphatic rings. The number of hydrogen-bond acceptors (Lipinski definition) is 3. The summed E-state index contributed by atoms with van der Waals surface area (Å²) in [6.45, 7) is 6.22. The van der Waals surface area contributed by atoms with E-state index in [1.165, 1.54) is 6.33 Å². The molecule has 0 radical (unpaired) electrons. The van der Waals surface area contributed by atoms with Crippen LogP contribution in [0.5, 0.6) is 0 Å². The molecule has 0 saturated carbocycles. The van der Waals surface area contributed by atoms with Gasteiger partial charge in [-0.2, -0.15) is 5.10 Å². The molecule has 1 aromatic heterocycles. The van der Waals surface area contributed by atoms with Crippen LogP contribution in [-0.4, -0.2) is 20.5 Å². The molecule has 4 heteroatoms. The lowest BCUT2D eigenvalue weighted by atomic mass is 10.1. The molecule has 0 aliphatic heterocycles. The zero-order chi connectivity index (χ0) is 12.0. The first-order valence-corrected chi connectivity index (χ1v) is 6.05. The summed E-state index contributed by atoms with van der Waals surface area (Å²) in [5.74, 6) is 1.06. The van der Waals surface area contributed by atoms with Gasteiger partial charge in [-0.15, -0.1) is 0 Å². The molecule has 0 bridgehead atoms. The highest BCUT2D eigenvalue weighted by Crippen LogP contribution is 2.08. The van der Waals surface area contributed by atoms with Crippen molar-refractivity contribution in [2.24, 2.45) is 0 Å². The summed E-state index contributed by atoms with van der Waals surface area (Å²) in [4.78, 5) is 15.8. The molecular weight excluding hydrogens is 202 g/mol. The molecule has 1 rings (SSSR count). The third kappa shape index (κ3) is 3.76. The molecule has 16 heavy (non-hydrogen) atoms. The number of unbranched alkanes of at least 4 members (excludes halogenated alkanes) is 2. The van der Waals surface area contributed by atoms with Gasteiger partial charge in [-0.25, -0.2) is 9.67 Å². The fourth-order valence-corrected chi connectivity index (χ4v) is 1.67. The van der Waals surface area contributed by atoms with Crippen molar-refractivity contribution in [3.8, 4) is 0 Å². The number of aromatic nitrogens is 3. The third-order valence-electron chi connectivity index (χ3n) is 2.55. The Kier molecular flexibility index (Phi) is 5.15. The Balaban J connectivity index is 2.46. The van der Waals surface area contributed by atoms with Crippen LogP contribution in [0.3, 0.4) is 0 Å². The van der Waals surface area contributed by atoms with Crippen LogP contribution in [0.2, 0.25) is 0 Å². The average molecular weight is 223 g/mol. The Bertz CT molecular complexity index is 331. The van der Waals surface area contributed by atoms with Crippen LogP contribution in [0.25, 0.3) is 0 Å². The van der Waals surface area contributed by atoms with Gasteiger partial charge in [0.1, 0.15) is 17.9 Å². The van der Waals surface area contributed by atoms with E-state index in [9.17, 15) is 4.79 Å². The van der Waals surface area contributed by atoms with Gasteiger partial charge in [-0.3, -0.25) is 4.79 Å². The van der Waals surface area contributed by atoms with Crippen LogP contribution in [-0.2, 0) is 11.2 Å². The van der Waals surface area contributed by atoms with E-state index in [4.69, 9.17) is 0 Å². The molecule has 90 valence electrons. The lowest BCUT2D eigenvalue weighted by Crippen LogP contribution is -2.12. The van der Waals surface area contributed by atoms with Gasteiger partial charge in [-0.05, 0) is 20.3 Å². The van der Waals surface area contributed by atoms with Crippen LogP contribution in [0.1, 0.15) is 58.3 Å². The van der Waals surface area contributed by atoms with Crippen LogP contribution in [0.15, 0.2) is 6.33 Å². The minimum atomic E-state index is 0.265. The van der Waals surface area contributed by atoms with Crippen molar-refractivity contribution < 1.29 is 4.79 Å². The first kappa shape index (κ1) is 12.9. The Morgan fingerprint density at radius 3 is 2.81 bits per heavy atom. The van der Waals surface area contributed by atoms with Gasteiger partial charge in [0.15, 0.2) is 0 Å². The predicted molar refractivity (Wildman–Crippen MR) is 63.3 cm³/mol. The van der Waals surface area contributed by atoms with Crippen molar-refractivity contribution >= 4 is 5.78 Å². The zero-order valence-electron chi connectivity index (χ0n) is 10.4. The highest BCUT2D eigenvalue weighted by Gasteiger charge is 2.11. The van der Waals surface area contributed by atoms with Crippen molar-refractivity contribution in [1.29, 1.82) is 0 Å². The highest BCUT2D eigenvalue weighted by atomic mass is 16.1. The standard InChI is InChI=1S/C12H21N3O/c1-4-5-6-7-11(16)8-12-13-9-14-15(12)10(2)3/h9-10H,4-8H2,1-3H3. The van der Waals surface area contributed by atoms with Crippen LogP contribution < -0.4 is 0 Å². The Hall–Kier alpha value is -1.19. The van der Waals surface area contributed by atoms with Crippen molar-refractivity contribution in [2.45, 2.75) is 58.9 Å². The number of Topliss-reactive ketones (excluding diaryl/α,β-unsaturated/α-hetero) is 1. The normalized spacial score (nSPS) is 11.0. The van der Waals surface area contributed by atoms with E-state index < -0.39 is 0 Å². The second kappa shape index (κ2) is 6.40. The number of nitrogens with zero attached hydrogens (tertiary/aromatic N) is 3. The summed E-state index contributed by atoms with van der Waals surface area (Å²) in [7, 11) is 0. The molecule has 0 unspecified atom stereocenters. The van der Waals surface area contributed by atoms with Crippen molar-refractivity contribution in [2.75, 3.05) is 0 Å². The molecule has 0 fully saturated rings. The smallest absolute Gasteiger partial charge is 0.140 e. The molecule has 1 heterocycles. The maximum absolute atomic E-state index is 11.7. The molecule has 0 N–H and O–H groups in total. The second-order valence-electron chi connectivity index (χ2n) is 4.39. The maximum atomic E-state index is 11.7. The number of rotatable bonds is 7. The minimum Gasteiger partial charge on any atom is -0.299 e. The molecule has 1 aromatic rings. The highest BCUT2D eigenvalue weighted by molar-refractivity contribution is 5.80. The zero-order valence-corrected chi connectivity index (χ0v) is 10.4. The van der Waals surface area contributed by atoms with E-state index >= 15 is 0 Å². The Morgan fingerprint density at radius 1 is 1.44 bits per heavy atom. The van der Waals surface area contributed by atoms with E-state index in [0.717, 1.165) is 25.1 Å². The molecular formula is C12H21N3O. The van der Waals surface area contributed by atoms with Crippen molar-refractivity contribution in [3.63, 3.8) is 0 Å². The first-order valence-electron chi connectivity index (χ1n) is 6.05. The lowest BCUT2D eigenvalue weighted by molar-refractivity contribution is -0.118. The number of carbonyl (C=O) groups is 1. The van der Waals surface area contributed by atoms with Crippen LogP contribution in [0.4, 0.5) is 0 Å². The average Bonchev–Trinajstić information content (AvgIpc) is 2.66. The summed E-state index contributed by atoms with van der Waals surface area (Å²) in [6.07, 6.45) is 5.87. The van der Waals surface area contributed by atoms with Crippen molar-refractivity contribution in [1.82, 2.24) is 14.8 Å². The third-order valence-corrected chi connectivity index (χ3v) is 2.55. The first-order chi connectivity index (χ1) is 7.65.